The van der Waals surface area contributed by atoms with Crippen LogP contribution >= 0.6 is 0 Å². The Hall–Kier alpha value is -3.80. The number of nitrogens with one attached hydrogen (secondary N) is 1. The third kappa shape index (κ3) is 5.32. The molecule has 12 heteroatoms. The number of amides is 1. The van der Waals surface area contributed by atoms with E-state index in [0.717, 1.165) is 17.4 Å². The lowest BCUT2D eigenvalue weighted by atomic mass is 10.2. The lowest BCUT2D eigenvalue weighted by molar-refractivity contribution is -0.116. The molecule has 0 bridgehead atoms. The van der Waals surface area contributed by atoms with Gasteiger partial charge in [-0.25, -0.2) is 14.3 Å². The molecule has 0 aliphatic carbocycles. The van der Waals surface area contributed by atoms with Crippen molar-refractivity contribution < 1.29 is 23.7 Å². The zero-order valence-corrected chi connectivity index (χ0v) is 20.6. The van der Waals surface area contributed by atoms with E-state index in [1.165, 1.54) is 32.2 Å². The minimum Gasteiger partial charge on any atom is -0.493 e. The third-order valence-electron chi connectivity index (χ3n) is 5.51. The highest BCUT2D eigenvalue weighted by Gasteiger charge is 2.20. The van der Waals surface area contributed by atoms with E-state index < -0.39 is 23.7 Å². The first-order valence-corrected chi connectivity index (χ1v) is 11.2. The Balaban J connectivity index is 2.01. The van der Waals surface area contributed by atoms with Gasteiger partial charge in [-0.05, 0) is 6.42 Å². The summed E-state index contributed by atoms with van der Waals surface area (Å²) in [5.41, 5.74) is -0.279. The van der Waals surface area contributed by atoms with Crippen molar-refractivity contribution in [2.45, 2.75) is 39.4 Å². The molecule has 190 valence electrons. The maximum Gasteiger partial charge on any atom is 0.333 e. The van der Waals surface area contributed by atoms with Crippen molar-refractivity contribution in [3.05, 3.63) is 39.3 Å². The number of anilines is 1. The molecule has 0 aliphatic rings. The normalized spacial score (nSPS) is 11.0. The van der Waals surface area contributed by atoms with Gasteiger partial charge in [0.2, 0.25) is 11.7 Å². The first-order valence-electron chi connectivity index (χ1n) is 11.2. The average Bonchev–Trinajstić information content (AvgIpc) is 3.28. The van der Waals surface area contributed by atoms with Gasteiger partial charge < -0.3 is 28.8 Å². The summed E-state index contributed by atoms with van der Waals surface area (Å²) in [7, 11) is 5.95. The lowest BCUT2D eigenvalue weighted by Gasteiger charge is -2.15. The zero-order valence-electron chi connectivity index (χ0n) is 20.6. The number of carbonyl (C=O) groups excluding carboxylic acids is 1. The Morgan fingerprint density at radius 1 is 1.00 bits per heavy atom. The van der Waals surface area contributed by atoms with Gasteiger partial charge in [0.05, 0.1) is 34.3 Å². The molecule has 2 aromatic heterocycles. The molecule has 3 rings (SSSR count). The fraction of sp³-hybridized carbons (Fsp3) is 0.478. The molecule has 1 aromatic carbocycles. The van der Waals surface area contributed by atoms with Crippen molar-refractivity contribution in [3.63, 3.8) is 0 Å². The second-order valence-electron chi connectivity index (χ2n) is 7.74. The molecular weight excluding hydrogens is 458 g/mol. The summed E-state index contributed by atoms with van der Waals surface area (Å²) >= 11 is 0. The van der Waals surface area contributed by atoms with Crippen molar-refractivity contribution in [2.24, 2.45) is 0 Å². The summed E-state index contributed by atoms with van der Waals surface area (Å²) in [4.78, 5) is 43.8. The Labute approximate surface area is 202 Å². The summed E-state index contributed by atoms with van der Waals surface area (Å²) in [5, 5.41) is 2.69. The van der Waals surface area contributed by atoms with Crippen molar-refractivity contribution in [2.75, 3.05) is 40.4 Å². The van der Waals surface area contributed by atoms with Crippen LogP contribution in [0, 0.1) is 0 Å². The molecule has 0 saturated heterocycles. The van der Waals surface area contributed by atoms with Gasteiger partial charge >= 0.3 is 5.69 Å². The van der Waals surface area contributed by atoms with Gasteiger partial charge in [-0.2, -0.15) is 0 Å². The van der Waals surface area contributed by atoms with Crippen molar-refractivity contribution in [1.29, 1.82) is 0 Å². The van der Waals surface area contributed by atoms with E-state index in [4.69, 9.17) is 18.9 Å². The first-order chi connectivity index (χ1) is 16.9. The quantitative estimate of drug-likeness (QED) is 0.405. The summed E-state index contributed by atoms with van der Waals surface area (Å²) in [6, 6.07) is 3.12. The summed E-state index contributed by atoms with van der Waals surface area (Å²) in [5.74, 6) is 0.509. The molecule has 2 heterocycles. The van der Waals surface area contributed by atoms with Gasteiger partial charge in [-0.1, -0.05) is 13.3 Å². The maximum absolute atomic E-state index is 13.3. The molecule has 0 fully saturated rings. The number of methoxy groups -OCH3 is 4. The molecule has 0 saturated carbocycles. The van der Waals surface area contributed by atoms with Crippen LogP contribution in [0.3, 0.4) is 0 Å². The Morgan fingerprint density at radius 3 is 2.26 bits per heavy atom. The standard InChI is InChI=1S/C23H31N5O7/c1-6-7-8-27-21-19(26(14-24-21)9-10-32-2)22(30)28(23(27)31)13-18(29)25-15-11-16(33-3)20(35-5)17(12-15)34-4/h11-12,14H,6-10,13H2,1-5H3,(H,25,29). The predicted molar refractivity (Wildman–Crippen MR) is 130 cm³/mol. The van der Waals surface area contributed by atoms with Crippen molar-refractivity contribution in [1.82, 2.24) is 18.7 Å². The number of unbranched alkanes of at least 4 members (excludes halogenated alkanes) is 1. The highest BCUT2D eigenvalue weighted by Crippen LogP contribution is 2.39. The molecule has 35 heavy (non-hydrogen) atoms. The van der Waals surface area contributed by atoms with Crippen LogP contribution in [-0.2, 0) is 29.2 Å². The second kappa shape index (κ2) is 11.6. The molecule has 12 nitrogen and oxygen atoms in total. The molecule has 3 aromatic rings. The third-order valence-corrected chi connectivity index (χ3v) is 5.51. The van der Waals surface area contributed by atoms with Gasteiger partial charge in [0.25, 0.3) is 5.56 Å². The Bertz CT molecular complexity index is 1280. The Morgan fingerprint density at radius 2 is 1.69 bits per heavy atom. The van der Waals surface area contributed by atoms with Gasteiger partial charge in [-0.3, -0.25) is 14.2 Å². The largest absolute Gasteiger partial charge is 0.493 e. The maximum atomic E-state index is 13.3. The highest BCUT2D eigenvalue weighted by molar-refractivity contribution is 5.91. The molecule has 0 spiro atoms. The van der Waals surface area contributed by atoms with Crippen molar-refractivity contribution in [3.8, 4) is 17.2 Å². The molecular formula is C23H31N5O7. The van der Waals surface area contributed by atoms with Gasteiger partial charge in [0, 0.05) is 38.0 Å². The van der Waals surface area contributed by atoms with Crippen LogP contribution in [0.15, 0.2) is 28.0 Å². The van der Waals surface area contributed by atoms with Crippen LogP contribution in [-0.4, -0.2) is 59.6 Å². The highest BCUT2D eigenvalue weighted by atomic mass is 16.5. The van der Waals surface area contributed by atoms with Gasteiger partial charge in [-0.15, -0.1) is 0 Å². The SMILES string of the molecule is CCCCn1c(=O)n(CC(=O)Nc2cc(OC)c(OC)c(OC)c2)c(=O)c2c1ncn2CCOC. The van der Waals surface area contributed by atoms with Crippen LogP contribution in [0.25, 0.3) is 11.2 Å². The molecule has 0 unspecified atom stereocenters. The van der Waals surface area contributed by atoms with E-state index in [1.807, 2.05) is 6.92 Å². The molecule has 0 radical (unpaired) electrons. The van der Waals surface area contributed by atoms with E-state index in [-0.39, 0.29) is 5.52 Å². The van der Waals surface area contributed by atoms with Gasteiger partial charge in [0.15, 0.2) is 22.7 Å². The number of hydrogen-bond acceptors (Lipinski definition) is 8. The number of hydrogen-bond donors (Lipinski definition) is 1. The fourth-order valence-corrected chi connectivity index (χ4v) is 3.75. The predicted octanol–water partition coefficient (Wildman–Crippen LogP) is 1.47. The van der Waals surface area contributed by atoms with E-state index in [1.54, 1.807) is 23.8 Å². The molecule has 1 N–H and O–H groups in total. The topological polar surface area (TPSA) is 128 Å². The summed E-state index contributed by atoms with van der Waals surface area (Å²) in [6.45, 7) is 2.64. The van der Waals surface area contributed by atoms with Gasteiger partial charge in [0.1, 0.15) is 6.54 Å². The minimum absolute atomic E-state index is 0.248. The zero-order chi connectivity index (χ0) is 25.5. The van der Waals surface area contributed by atoms with Crippen LogP contribution in [0.4, 0.5) is 5.69 Å². The number of nitrogens with zero attached hydrogens (tertiary/aromatic N) is 4. The number of fused-ring (bicyclic) bond motifs is 1. The number of aromatic nitrogens is 4. The first kappa shape index (κ1) is 25.8. The van der Waals surface area contributed by atoms with E-state index in [2.05, 4.69) is 10.3 Å². The second-order valence-corrected chi connectivity index (χ2v) is 7.74. The monoisotopic (exact) mass is 489 g/mol. The lowest BCUT2D eigenvalue weighted by Crippen LogP contribution is -2.43. The summed E-state index contributed by atoms with van der Waals surface area (Å²) in [6.07, 6.45) is 3.07. The number of aryl methyl sites for hydroxylation is 1. The Kier molecular flexibility index (Phi) is 8.53. The van der Waals surface area contributed by atoms with Crippen LogP contribution in [0.1, 0.15) is 19.8 Å². The fourth-order valence-electron chi connectivity index (χ4n) is 3.75. The number of imidazole rings is 1. The number of benzene rings is 1. The number of ether oxygens (including phenoxy) is 4. The average molecular weight is 490 g/mol. The molecule has 0 atom stereocenters. The van der Waals surface area contributed by atoms with Crippen molar-refractivity contribution >= 4 is 22.8 Å². The number of rotatable bonds is 12. The number of carbonyl (C=O) groups is 1. The van der Waals surface area contributed by atoms with E-state index >= 15 is 0 Å². The molecule has 0 aliphatic heterocycles. The smallest absolute Gasteiger partial charge is 0.333 e. The van der Waals surface area contributed by atoms with E-state index in [9.17, 15) is 14.4 Å². The minimum atomic E-state index is -0.591. The van der Waals surface area contributed by atoms with Crippen LogP contribution in [0.2, 0.25) is 0 Å². The summed E-state index contributed by atoms with van der Waals surface area (Å²) < 4.78 is 25.0. The van der Waals surface area contributed by atoms with Crippen LogP contribution < -0.4 is 30.8 Å². The molecule has 1 amide bonds. The van der Waals surface area contributed by atoms with E-state index in [0.29, 0.717) is 48.3 Å². The van der Waals surface area contributed by atoms with Crippen LogP contribution in [0.5, 0.6) is 17.2 Å².